The van der Waals surface area contributed by atoms with E-state index in [0.29, 0.717) is 16.2 Å². The molecule has 5 atom stereocenters. The molecular weight excluding hydrogens is 240 g/mol. The van der Waals surface area contributed by atoms with Gasteiger partial charge in [-0.05, 0) is 85.4 Å². The van der Waals surface area contributed by atoms with Gasteiger partial charge < -0.3 is 0 Å². The van der Waals surface area contributed by atoms with Crippen LogP contribution in [0.25, 0.3) is 0 Å². The molecule has 0 aromatic rings. The third-order valence-corrected chi connectivity index (χ3v) is 8.36. The highest BCUT2D eigenvalue weighted by molar-refractivity contribution is 5.22. The number of rotatable bonds is 0. The van der Waals surface area contributed by atoms with Crippen LogP contribution in [-0.4, -0.2) is 0 Å². The van der Waals surface area contributed by atoms with Crippen molar-refractivity contribution in [2.75, 3.05) is 0 Å². The third kappa shape index (κ3) is 1.54. The Labute approximate surface area is 125 Å². The Morgan fingerprint density at radius 2 is 1.75 bits per heavy atom. The van der Waals surface area contributed by atoms with Gasteiger partial charge in [0.2, 0.25) is 0 Å². The van der Waals surface area contributed by atoms with Crippen molar-refractivity contribution in [2.24, 2.45) is 34.0 Å². The van der Waals surface area contributed by atoms with Gasteiger partial charge in [-0.3, -0.25) is 0 Å². The summed E-state index contributed by atoms with van der Waals surface area (Å²) in [6, 6.07) is 0. The molecule has 1 spiro atoms. The summed E-state index contributed by atoms with van der Waals surface area (Å²) >= 11 is 0. The van der Waals surface area contributed by atoms with E-state index in [1.807, 2.05) is 0 Å². The topological polar surface area (TPSA) is 0 Å². The first kappa shape index (κ1) is 13.4. The molecule has 0 saturated heterocycles. The molecule has 4 aliphatic rings. The van der Waals surface area contributed by atoms with Crippen LogP contribution in [0.15, 0.2) is 12.2 Å². The van der Waals surface area contributed by atoms with Crippen LogP contribution in [-0.2, 0) is 0 Å². The normalized spacial score (nSPS) is 53.4. The molecule has 3 unspecified atom stereocenters. The van der Waals surface area contributed by atoms with E-state index in [9.17, 15) is 0 Å². The summed E-state index contributed by atoms with van der Waals surface area (Å²) in [5, 5.41) is 0. The number of hydrogen-bond acceptors (Lipinski definition) is 0. The SMILES string of the molecule is C=C1C[C@@]23CCC4C(C)(C)CCC[C@@]4(C)C2CCC1C3. The molecule has 4 aliphatic carbocycles. The van der Waals surface area contributed by atoms with E-state index in [1.54, 1.807) is 5.57 Å². The summed E-state index contributed by atoms with van der Waals surface area (Å²) in [4.78, 5) is 0. The van der Waals surface area contributed by atoms with Gasteiger partial charge in [0.25, 0.3) is 0 Å². The predicted molar refractivity (Wildman–Crippen MR) is 85.5 cm³/mol. The third-order valence-electron chi connectivity index (χ3n) is 8.36. The lowest BCUT2D eigenvalue weighted by molar-refractivity contribution is -0.144. The van der Waals surface area contributed by atoms with Crippen molar-refractivity contribution in [3.05, 3.63) is 12.2 Å². The zero-order valence-electron chi connectivity index (χ0n) is 13.8. The van der Waals surface area contributed by atoms with E-state index in [-0.39, 0.29) is 0 Å². The van der Waals surface area contributed by atoms with Crippen molar-refractivity contribution in [3.63, 3.8) is 0 Å². The second-order valence-electron chi connectivity index (χ2n) is 9.67. The summed E-state index contributed by atoms with van der Waals surface area (Å²) in [6.45, 7) is 12.2. The van der Waals surface area contributed by atoms with Crippen LogP contribution in [0.5, 0.6) is 0 Å². The van der Waals surface area contributed by atoms with Crippen molar-refractivity contribution in [1.82, 2.24) is 0 Å². The van der Waals surface area contributed by atoms with Crippen molar-refractivity contribution in [1.29, 1.82) is 0 Å². The highest BCUT2D eigenvalue weighted by atomic mass is 14.7. The first-order valence-corrected chi connectivity index (χ1v) is 9.05. The first-order valence-electron chi connectivity index (χ1n) is 9.05. The van der Waals surface area contributed by atoms with Crippen molar-refractivity contribution in [3.8, 4) is 0 Å². The lowest BCUT2D eigenvalue weighted by Crippen LogP contribution is -2.55. The van der Waals surface area contributed by atoms with Crippen LogP contribution in [0.4, 0.5) is 0 Å². The average Bonchev–Trinajstić information content (AvgIpc) is 2.58. The second kappa shape index (κ2) is 3.93. The molecule has 0 aliphatic heterocycles. The second-order valence-corrected chi connectivity index (χ2v) is 9.67. The number of fused-ring (bicyclic) bond motifs is 3. The molecule has 0 heterocycles. The van der Waals surface area contributed by atoms with Crippen molar-refractivity contribution in [2.45, 2.75) is 78.6 Å². The Balaban J connectivity index is 1.74. The molecule has 0 nitrogen and oxygen atoms in total. The van der Waals surface area contributed by atoms with Gasteiger partial charge in [-0.25, -0.2) is 0 Å². The molecule has 20 heavy (non-hydrogen) atoms. The Hall–Kier alpha value is -0.260. The lowest BCUT2D eigenvalue weighted by atomic mass is 9.41. The van der Waals surface area contributed by atoms with Gasteiger partial charge in [0.05, 0.1) is 0 Å². The standard InChI is InChI=1S/C20H32/c1-14-12-20-11-8-16-18(2,3)9-5-10-19(16,4)17(20)7-6-15(14)13-20/h15-17H,1,5-13H2,2-4H3/t15?,16?,17?,19-,20-/m1/s1. The highest BCUT2D eigenvalue weighted by Gasteiger charge is 2.62. The predicted octanol–water partition coefficient (Wildman–Crippen LogP) is 5.98. The smallest absolute Gasteiger partial charge is 0.0200 e. The van der Waals surface area contributed by atoms with Crippen LogP contribution in [0, 0.1) is 34.0 Å². The van der Waals surface area contributed by atoms with Crippen LogP contribution >= 0.6 is 0 Å². The monoisotopic (exact) mass is 272 g/mol. The van der Waals surface area contributed by atoms with Crippen molar-refractivity contribution >= 4 is 0 Å². The Morgan fingerprint density at radius 3 is 2.55 bits per heavy atom. The lowest BCUT2D eigenvalue weighted by Gasteiger charge is -2.64. The van der Waals surface area contributed by atoms with Gasteiger partial charge in [-0.1, -0.05) is 39.3 Å². The maximum Gasteiger partial charge on any atom is -0.0200 e. The quantitative estimate of drug-likeness (QED) is 0.476. The van der Waals surface area contributed by atoms with Crippen LogP contribution < -0.4 is 0 Å². The van der Waals surface area contributed by atoms with Gasteiger partial charge in [0.1, 0.15) is 0 Å². The minimum atomic E-state index is 0.584. The summed E-state index contributed by atoms with van der Waals surface area (Å²) in [5.41, 5.74) is 3.51. The minimum absolute atomic E-state index is 0.584. The van der Waals surface area contributed by atoms with Crippen molar-refractivity contribution < 1.29 is 0 Å². The fourth-order valence-electron chi connectivity index (χ4n) is 7.68. The molecular formula is C20H32. The van der Waals surface area contributed by atoms with Crippen LogP contribution in [0.2, 0.25) is 0 Å². The minimum Gasteiger partial charge on any atom is -0.0996 e. The molecule has 4 fully saturated rings. The molecule has 4 rings (SSSR count). The Kier molecular flexibility index (Phi) is 2.63. The Morgan fingerprint density at radius 1 is 0.950 bits per heavy atom. The molecule has 112 valence electrons. The van der Waals surface area contributed by atoms with E-state index >= 15 is 0 Å². The van der Waals surface area contributed by atoms with Gasteiger partial charge in [-0.2, -0.15) is 0 Å². The first-order chi connectivity index (χ1) is 9.37. The summed E-state index contributed by atoms with van der Waals surface area (Å²) < 4.78 is 0. The molecule has 0 aromatic heterocycles. The molecule has 4 saturated carbocycles. The summed E-state index contributed by atoms with van der Waals surface area (Å²) in [6.07, 6.45) is 13.3. The average molecular weight is 272 g/mol. The highest BCUT2D eigenvalue weighted by Crippen LogP contribution is 2.72. The maximum atomic E-state index is 4.44. The molecule has 0 heteroatoms. The number of hydrogen-bond donors (Lipinski definition) is 0. The van der Waals surface area contributed by atoms with E-state index in [1.165, 1.54) is 57.8 Å². The molecule has 0 amide bonds. The van der Waals surface area contributed by atoms with Gasteiger partial charge in [0.15, 0.2) is 0 Å². The summed E-state index contributed by atoms with van der Waals surface area (Å²) in [5.74, 6) is 2.87. The molecule has 0 aromatic carbocycles. The van der Waals surface area contributed by atoms with Gasteiger partial charge >= 0.3 is 0 Å². The van der Waals surface area contributed by atoms with Gasteiger partial charge in [-0.15, -0.1) is 0 Å². The summed E-state index contributed by atoms with van der Waals surface area (Å²) in [7, 11) is 0. The molecule has 0 N–H and O–H groups in total. The van der Waals surface area contributed by atoms with Crippen LogP contribution in [0.3, 0.4) is 0 Å². The van der Waals surface area contributed by atoms with Crippen LogP contribution in [0.1, 0.15) is 78.6 Å². The van der Waals surface area contributed by atoms with Gasteiger partial charge in [0, 0.05) is 0 Å². The maximum absolute atomic E-state index is 4.44. The largest absolute Gasteiger partial charge is 0.0996 e. The Bertz CT molecular complexity index is 445. The zero-order chi connectivity index (χ0) is 14.2. The van der Waals surface area contributed by atoms with E-state index < -0.39 is 0 Å². The van der Waals surface area contributed by atoms with E-state index in [2.05, 4.69) is 27.4 Å². The molecule has 2 bridgehead atoms. The fraction of sp³-hybridized carbons (Fsp3) is 0.900. The molecule has 0 radical (unpaired) electrons. The zero-order valence-corrected chi connectivity index (χ0v) is 13.8. The fourth-order valence-corrected chi connectivity index (χ4v) is 7.68. The van der Waals surface area contributed by atoms with E-state index in [0.717, 1.165) is 17.8 Å². The number of allylic oxidation sites excluding steroid dienone is 1. The van der Waals surface area contributed by atoms with E-state index in [4.69, 9.17) is 0 Å².